The number of hydrogen-bond acceptors (Lipinski definition) is 2. The van der Waals surface area contributed by atoms with Crippen LogP contribution in [0.15, 0.2) is 54.7 Å². The number of amides is 2. The van der Waals surface area contributed by atoms with Crippen LogP contribution in [-0.4, -0.2) is 16.2 Å². The van der Waals surface area contributed by atoms with Crippen molar-refractivity contribution in [1.29, 1.82) is 0 Å². The number of fused-ring (bicyclic) bond motifs is 1. The number of benzene rings is 2. The van der Waals surface area contributed by atoms with Gasteiger partial charge >= 0.3 is 6.03 Å². The Morgan fingerprint density at radius 1 is 1.11 bits per heavy atom. The fourth-order valence-electron chi connectivity index (χ4n) is 2.14. The van der Waals surface area contributed by atoms with Crippen LogP contribution < -0.4 is 10.6 Å². The zero-order valence-corrected chi connectivity index (χ0v) is 10.1. The second-order valence-corrected chi connectivity index (χ2v) is 4.10. The average molecular weight is 252 g/mol. The molecule has 0 spiro atoms. The number of carbonyl (C=O) groups is 1. The first kappa shape index (κ1) is 11.3. The van der Waals surface area contributed by atoms with E-state index in [0.29, 0.717) is 5.82 Å². The number of nitrogens with one attached hydrogen (secondary N) is 1. The van der Waals surface area contributed by atoms with E-state index in [0.717, 1.165) is 16.5 Å². The lowest BCUT2D eigenvalue weighted by Gasteiger charge is -2.19. The molecule has 2 amide bonds. The molecule has 0 saturated heterocycles. The summed E-state index contributed by atoms with van der Waals surface area (Å²) < 4.78 is 0. The third-order valence-corrected chi connectivity index (χ3v) is 2.94. The SMILES string of the molecule is NC(=O)N(c1cc[nH]n1)c1cccc2ccccc12. The zero-order chi connectivity index (χ0) is 13.2. The number of rotatable bonds is 2. The van der Waals surface area contributed by atoms with Gasteiger partial charge < -0.3 is 5.73 Å². The van der Waals surface area contributed by atoms with E-state index in [1.165, 1.54) is 4.90 Å². The lowest BCUT2D eigenvalue weighted by atomic mass is 10.1. The minimum Gasteiger partial charge on any atom is -0.351 e. The molecular weight excluding hydrogens is 240 g/mol. The van der Waals surface area contributed by atoms with Crippen molar-refractivity contribution in [3.63, 3.8) is 0 Å². The molecule has 3 rings (SSSR count). The molecule has 3 N–H and O–H groups in total. The Kier molecular flexibility index (Phi) is 2.64. The molecule has 1 aromatic heterocycles. The Labute approximate surface area is 109 Å². The van der Waals surface area contributed by atoms with Crippen LogP contribution in [0.25, 0.3) is 10.8 Å². The van der Waals surface area contributed by atoms with Gasteiger partial charge in [0.05, 0.1) is 5.69 Å². The molecule has 0 radical (unpaired) electrons. The van der Waals surface area contributed by atoms with E-state index in [2.05, 4.69) is 10.2 Å². The molecule has 0 unspecified atom stereocenters. The van der Waals surface area contributed by atoms with Crippen molar-refractivity contribution in [2.75, 3.05) is 4.90 Å². The molecule has 0 fully saturated rings. The molecule has 0 atom stereocenters. The van der Waals surface area contributed by atoms with Crippen molar-refractivity contribution in [2.24, 2.45) is 5.73 Å². The number of primary amides is 1. The predicted octanol–water partition coefficient (Wildman–Crippen LogP) is 2.78. The maximum Gasteiger partial charge on any atom is 0.325 e. The highest BCUT2D eigenvalue weighted by Gasteiger charge is 2.18. The second-order valence-electron chi connectivity index (χ2n) is 4.10. The molecule has 0 bridgehead atoms. The molecule has 0 aliphatic heterocycles. The van der Waals surface area contributed by atoms with Crippen molar-refractivity contribution >= 4 is 28.3 Å². The Balaban J connectivity index is 2.24. The van der Waals surface area contributed by atoms with Crippen LogP contribution in [-0.2, 0) is 0 Å². The number of anilines is 2. The van der Waals surface area contributed by atoms with Gasteiger partial charge in [0.15, 0.2) is 5.82 Å². The summed E-state index contributed by atoms with van der Waals surface area (Å²) in [6.07, 6.45) is 1.65. The summed E-state index contributed by atoms with van der Waals surface area (Å²) in [7, 11) is 0. The van der Waals surface area contributed by atoms with Crippen LogP contribution >= 0.6 is 0 Å². The first-order valence-corrected chi connectivity index (χ1v) is 5.84. The van der Waals surface area contributed by atoms with Gasteiger partial charge in [-0.25, -0.2) is 9.69 Å². The monoisotopic (exact) mass is 252 g/mol. The summed E-state index contributed by atoms with van der Waals surface area (Å²) in [5.41, 5.74) is 6.20. The van der Waals surface area contributed by atoms with Gasteiger partial charge in [-0.2, -0.15) is 5.10 Å². The van der Waals surface area contributed by atoms with Crippen molar-refractivity contribution in [1.82, 2.24) is 10.2 Å². The lowest BCUT2D eigenvalue weighted by Crippen LogP contribution is -2.31. The molecular formula is C14H12N4O. The Bertz CT molecular complexity index is 716. The van der Waals surface area contributed by atoms with Gasteiger partial charge in [-0.05, 0) is 11.5 Å². The van der Waals surface area contributed by atoms with Crippen LogP contribution in [0.5, 0.6) is 0 Å². The fraction of sp³-hybridized carbons (Fsp3) is 0. The average Bonchev–Trinajstić information content (AvgIpc) is 2.93. The number of aromatic nitrogens is 2. The molecule has 0 aliphatic carbocycles. The van der Waals surface area contributed by atoms with E-state index < -0.39 is 6.03 Å². The van der Waals surface area contributed by atoms with Gasteiger partial charge in [0.1, 0.15) is 0 Å². The van der Waals surface area contributed by atoms with Crippen LogP contribution in [0.2, 0.25) is 0 Å². The fourth-order valence-corrected chi connectivity index (χ4v) is 2.14. The smallest absolute Gasteiger partial charge is 0.325 e. The molecule has 0 aliphatic rings. The van der Waals surface area contributed by atoms with E-state index in [-0.39, 0.29) is 0 Å². The quantitative estimate of drug-likeness (QED) is 0.735. The first-order chi connectivity index (χ1) is 9.27. The Hall–Kier alpha value is -2.82. The molecule has 1 heterocycles. The van der Waals surface area contributed by atoms with E-state index in [1.54, 1.807) is 12.3 Å². The first-order valence-electron chi connectivity index (χ1n) is 5.84. The summed E-state index contributed by atoms with van der Waals surface area (Å²) in [5, 5.41) is 8.70. The number of nitrogens with two attached hydrogens (primary N) is 1. The summed E-state index contributed by atoms with van der Waals surface area (Å²) in [6, 6.07) is 14.7. The topological polar surface area (TPSA) is 75.0 Å². The molecule has 19 heavy (non-hydrogen) atoms. The van der Waals surface area contributed by atoms with E-state index in [4.69, 9.17) is 5.73 Å². The number of nitrogens with zero attached hydrogens (tertiary/aromatic N) is 2. The van der Waals surface area contributed by atoms with Crippen molar-refractivity contribution in [3.8, 4) is 0 Å². The highest BCUT2D eigenvalue weighted by molar-refractivity contribution is 6.06. The molecule has 94 valence electrons. The van der Waals surface area contributed by atoms with E-state index in [9.17, 15) is 4.79 Å². The highest BCUT2D eigenvalue weighted by atomic mass is 16.2. The van der Waals surface area contributed by atoms with E-state index in [1.807, 2.05) is 42.5 Å². The summed E-state index contributed by atoms with van der Waals surface area (Å²) >= 11 is 0. The van der Waals surface area contributed by atoms with Crippen molar-refractivity contribution in [2.45, 2.75) is 0 Å². The molecule has 5 heteroatoms. The number of H-pyrrole nitrogens is 1. The van der Waals surface area contributed by atoms with Crippen LogP contribution in [0, 0.1) is 0 Å². The zero-order valence-electron chi connectivity index (χ0n) is 10.1. The predicted molar refractivity (Wildman–Crippen MR) is 74.3 cm³/mol. The lowest BCUT2D eigenvalue weighted by molar-refractivity contribution is 0.256. The Morgan fingerprint density at radius 3 is 2.63 bits per heavy atom. The maximum atomic E-state index is 11.7. The van der Waals surface area contributed by atoms with Crippen molar-refractivity contribution < 1.29 is 4.79 Å². The highest BCUT2D eigenvalue weighted by Crippen LogP contribution is 2.30. The second kappa shape index (κ2) is 4.45. The minimum atomic E-state index is -0.566. The molecule has 5 nitrogen and oxygen atoms in total. The number of carbonyl (C=O) groups excluding carboxylic acids is 1. The van der Waals surface area contributed by atoms with Gasteiger partial charge in [0, 0.05) is 17.6 Å². The van der Waals surface area contributed by atoms with Gasteiger partial charge in [-0.15, -0.1) is 0 Å². The van der Waals surface area contributed by atoms with E-state index >= 15 is 0 Å². The molecule has 0 saturated carbocycles. The van der Waals surface area contributed by atoms with Gasteiger partial charge in [0.2, 0.25) is 0 Å². The van der Waals surface area contributed by atoms with Crippen LogP contribution in [0.4, 0.5) is 16.3 Å². The molecule has 3 aromatic rings. The van der Waals surface area contributed by atoms with Gasteiger partial charge in [-0.3, -0.25) is 5.10 Å². The van der Waals surface area contributed by atoms with Crippen LogP contribution in [0.1, 0.15) is 0 Å². The third-order valence-electron chi connectivity index (χ3n) is 2.94. The summed E-state index contributed by atoms with van der Waals surface area (Å²) in [5.74, 6) is 0.476. The summed E-state index contributed by atoms with van der Waals surface area (Å²) in [4.78, 5) is 13.1. The van der Waals surface area contributed by atoms with Gasteiger partial charge in [0.25, 0.3) is 0 Å². The minimum absolute atomic E-state index is 0.476. The van der Waals surface area contributed by atoms with Crippen molar-refractivity contribution in [3.05, 3.63) is 54.7 Å². The normalized spacial score (nSPS) is 10.5. The standard InChI is InChI=1S/C14H12N4O/c15-14(19)18(13-8-9-16-17-13)12-7-3-5-10-4-1-2-6-11(10)12/h1-9H,(H2,15,19)(H,16,17). The number of aromatic amines is 1. The maximum absolute atomic E-state index is 11.7. The van der Waals surface area contributed by atoms with Crippen LogP contribution in [0.3, 0.4) is 0 Å². The molecule has 2 aromatic carbocycles. The number of urea groups is 1. The number of hydrogen-bond donors (Lipinski definition) is 2. The Morgan fingerprint density at radius 2 is 1.89 bits per heavy atom. The van der Waals surface area contributed by atoms with Gasteiger partial charge in [-0.1, -0.05) is 36.4 Å². The third kappa shape index (κ3) is 1.91. The summed E-state index contributed by atoms with van der Waals surface area (Å²) in [6.45, 7) is 0. The largest absolute Gasteiger partial charge is 0.351 e.